The number of rotatable bonds is 2. The number of hydrogen-bond donors (Lipinski definition) is 0. The van der Waals surface area contributed by atoms with Crippen LogP contribution in [0.1, 0.15) is 41.4 Å². The third-order valence-electron chi connectivity index (χ3n) is 5.27. The second kappa shape index (κ2) is 6.36. The number of benzene rings is 1. The van der Waals surface area contributed by atoms with E-state index in [4.69, 9.17) is 0 Å². The summed E-state index contributed by atoms with van der Waals surface area (Å²) in [6.07, 6.45) is 4.93. The van der Waals surface area contributed by atoms with E-state index in [9.17, 15) is 4.79 Å². The van der Waals surface area contributed by atoms with Crippen molar-refractivity contribution in [1.82, 2.24) is 9.88 Å². The summed E-state index contributed by atoms with van der Waals surface area (Å²) in [6.45, 7) is 4.90. The van der Waals surface area contributed by atoms with Crippen LogP contribution in [0.15, 0.2) is 42.6 Å². The van der Waals surface area contributed by atoms with Gasteiger partial charge in [-0.25, -0.2) is 0 Å². The fraction of sp³-hybridized carbons (Fsp3) is 0.400. The largest absolute Gasteiger partial charge is 0.305 e. The lowest BCUT2D eigenvalue weighted by Gasteiger charge is -2.26. The van der Waals surface area contributed by atoms with Crippen molar-refractivity contribution in [3.05, 3.63) is 59.4 Å². The molecular weight excluding hydrogens is 298 g/mol. The van der Waals surface area contributed by atoms with Crippen LogP contribution in [0, 0.1) is 0 Å². The molecule has 24 heavy (non-hydrogen) atoms. The zero-order valence-corrected chi connectivity index (χ0v) is 14.1. The third kappa shape index (κ3) is 2.61. The zero-order chi connectivity index (χ0) is 16.5. The quantitative estimate of drug-likeness (QED) is 0.852. The molecule has 1 saturated heterocycles. The number of carbonyl (C=O) groups is 1. The number of pyridine rings is 1. The van der Waals surface area contributed by atoms with Crippen molar-refractivity contribution in [2.24, 2.45) is 0 Å². The summed E-state index contributed by atoms with van der Waals surface area (Å²) in [5.74, 6) is 0.0358. The Labute approximate surface area is 143 Å². The number of nitrogens with zero attached hydrogens (tertiary/aromatic N) is 3. The Bertz CT molecular complexity index is 758. The van der Waals surface area contributed by atoms with E-state index in [2.05, 4.69) is 35.0 Å². The van der Waals surface area contributed by atoms with Crippen LogP contribution < -0.4 is 4.90 Å². The molecule has 0 N–H and O–H groups in total. The second-order valence-corrected chi connectivity index (χ2v) is 6.68. The Kier molecular flexibility index (Phi) is 4.07. The predicted molar refractivity (Wildman–Crippen MR) is 95.2 cm³/mol. The second-order valence-electron chi connectivity index (χ2n) is 6.68. The van der Waals surface area contributed by atoms with Gasteiger partial charge in [-0.1, -0.05) is 31.2 Å². The van der Waals surface area contributed by atoms with E-state index < -0.39 is 0 Å². The van der Waals surface area contributed by atoms with Crippen molar-refractivity contribution in [2.45, 2.75) is 38.8 Å². The molecule has 1 fully saturated rings. The van der Waals surface area contributed by atoms with E-state index in [1.165, 1.54) is 18.4 Å². The molecule has 0 bridgehead atoms. The third-order valence-corrected chi connectivity index (χ3v) is 5.27. The van der Waals surface area contributed by atoms with Gasteiger partial charge >= 0.3 is 0 Å². The number of aryl methyl sites for hydroxylation is 1. The summed E-state index contributed by atoms with van der Waals surface area (Å²) in [5.41, 5.74) is 3.91. The molecule has 3 heterocycles. The summed E-state index contributed by atoms with van der Waals surface area (Å²) in [6, 6.07) is 12.7. The molecule has 0 radical (unpaired) electrons. The van der Waals surface area contributed by atoms with Gasteiger partial charge in [0.1, 0.15) is 5.69 Å². The van der Waals surface area contributed by atoms with Gasteiger partial charge in [0.15, 0.2) is 0 Å². The fourth-order valence-electron chi connectivity index (χ4n) is 3.98. The number of aromatic nitrogens is 1. The summed E-state index contributed by atoms with van der Waals surface area (Å²) < 4.78 is 0. The Morgan fingerprint density at radius 2 is 2.12 bits per heavy atom. The van der Waals surface area contributed by atoms with E-state index in [0.717, 1.165) is 37.3 Å². The molecule has 4 nitrogen and oxygen atoms in total. The van der Waals surface area contributed by atoms with Gasteiger partial charge in [0.25, 0.3) is 5.91 Å². The van der Waals surface area contributed by atoms with E-state index in [1.54, 1.807) is 6.20 Å². The van der Waals surface area contributed by atoms with Crippen molar-refractivity contribution < 1.29 is 4.79 Å². The Morgan fingerprint density at radius 1 is 1.25 bits per heavy atom. The molecule has 2 aromatic rings. The lowest BCUT2D eigenvalue weighted by atomic mass is 10.1. The van der Waals surface area contributed by atoms with Crippen molar-refractivity contribution in [3.63, 3.8) is 0 Å². The van der Waals surface area contributed by atoms with Gasteiger partial charge in [0.2, 0.25) is 0 Å². The molecule has 1 amide bonds. The predicted octanol–water partition coefficient (Wildman–Crippen LogP) is 3.27. The maximum Gasteiger partial charge on any atom is 0.277 e. The summed E-state index contributed by atoms with van der Waals surface area (Å²) in [5, 5.41) is 0. The van der Waals surface area contributed by atoms with Gasteiger partial charge < -0.3 is 4.90 Å². The molecule has 4 heteroatoms. The molecular formula is C20H23N3O. The first-order valence-corrected chi connectivity index (χ1v) is 8.85. The molecule has 1 unspecified atom stereocenters. The van der Waals surface area contributed by atoms with Crippen LogP contribution in [0.4, 0.5) is 5.69 Å². The van der Waals surface area contributed by atoms with Crippen LogP contribution in [0.3, 0.4) is 0 Å². The molecule has 0 spiro atoms. The Morgan fingerprint density at radius 3 is 3.00 bits per heavy atom. The van der Waals surface area contributed by atoms with Gasteiger partial charge in [-0.2, -0.15) is 0 Å². The van der Waals surface area contributed by atoms with Crippen molar-refractivity contribution in [1.29, 1.82) is 0 Å². The molecule has 4 rings (SSSR count). The minimum absolute atomic E-state index is 0.0358. The maximum absolute atomic E-state index is 13.3. The standard InChI is InChI=1S/C20H23N3O/c1-2-15-8-5-11-21-19(15)20(24)23-14-17-9-6-12-22(17)13-16-7-3-4-10-18(16)23/h3-5,7-8,10-11,17H,2,6,9,12-14H2,1H3. The Hall–Kier alpha value is -2.20. The zero-order valence-electron chi connectivity index (χ0n) is 14.1. The number of anilines is 1. The van der Waals surface area contributed by atoms with Crippen LogP contribution in [0.5, 0.6) is 0 Å². The highest BCUT2D eigenvalue weighted by atomic mass is 16.2. The van der Waals surface area contributed by atoms with E-state index in [0.29, 0.717) is 11.7 Å². The highest BCUT2D eigenvalue weighted by molar-refractivity contribution is 6.06. The first kappa shape index (κ1) is 15.3. The molecule has 0 aliphatic carbocycles. The number of fused-ring (bicyclic) bond motifs is 2. The van der Waals surface area contributed by atoms with Crippen molar-refractivity contribution in [2.75, 3.05) is 18.0 Å². The topological polar surface area (TPSA) is 36.4 Å². The van der Waals surface area contributed by atoms with Crippen LogP contribution >= 0.6 is 0 Å². The molecule has 1 aromatic heterocycles. The lowest BCUT2D eigenvalue weighted by molar-refractivity contribution is 0.0975. The van der Waals surface area contributed by atoms with Gasteiger partial charge in [-0.3, -0.25) is 14.7 Å². The molecule has 1 aromatic carbocycles. The smallest absolute Gasteiger partial charge is 0.277 e. The van der Waals surface area contributed by atoms with Crippen LogP contribution in [0.2, 0.25) is 0 Å². The maximum atomic E-state index is 13.3. The highest BCUT2D eigenvalue weighted by Crippen LogP contribution is 2.32. The average Bonchev–Trinajstić information content (AvgIpc) is 3.00. The first-order valence-electron chi connectivity index (χ1n) is 8.85. The molecule has 124 valence electrons. The molecule has 1 atom stereocenters. The van der Waals surface area contributed by atoms with E-state index in [1.807, 2.05) is 23.1 Å². The SMILES string of the molecule is CCc1cccnc1C(=O)N1CC2CCCN2Cc2ccccc21. The normalized spacial score (nSPS) is 20.4. The van der Waals surface area contributed by atoms with E-state index in [-0.39, 0.29) is 5.91 Å². The fourth-order valence-corrected chi connectivity index (χ4v) is 3.98. The molecule has 2 aliphatic rings. The minimum Gasteiger partial charge on any atom is -0.305 e. The minimum atomic E-state index is 0.0358. The monoisotopic (exact) mass is 321 g/mol. The molecule has 0 saturated carbocycles. The van der Waals surface area contributed by atoms with Gasteiger partial charge in [-0.15, -0.1) is 0 Å². The lowest BCUT2D eigenvalue weighted by Crippen LogP contribution is -2.41. The highest BCUT2D eigenvalue weighted by Gasteiger charge is 2.34. The van der Waals surface area contributed by atoms with Crippen LogP contribution in [-0.4, -0.2) is 34.9 Å². The summed E-state index contributed by atoms with van der Waals surface area (Å²) in [7, 11) is 0. The first-order chi connectivity index (χ1) is 11.8. The van der Waals surface area contributed by atoms with Crippen molar-refractivity contribution >= 4 is 11.6 Å². The number of para-hydroxylation sites is 1. The van der Waals surface area contributed by atoms with Crippen LogP contribution in [-0.2, 0) is 13.0 Å². The summed E-state index contributed by atoms with van der Waals surface area (Å²) in [4.78, 5) is 22.2. The van der Waals surface area contributed by atoms with Gasteiger partial charge in [-0.05, 0) is 49.1 Å². The summed E-state index contributed by atoms with van der Waals surface area (Å²) >= 11 is 0. The number of hydrogen-bond acceptors (Lipinski definition) is 3. The number of carbonyl (C=O) groups excluding carboxylic acids is 1. The van der Waals surface area contributed by atoms with Gasteiger partial charge in [0, 0.05) is 31.0 Å². The van der Waals surface area contributed by atoms with Crippen molar-refractivity contribution in [3.8, 4) is 0 Å². The molecule has 2 aliphatic heterocycles. The van der Waals surface area contributed by atoms with Gasteiger partial charge in [0.05, 0.1) is 0 Å². The Balaban J connectivity index is 1.76. The number of amides is 1. The average molecular weight is 321 g/mol. The van der Waals surface area contributed by atoms with Crippen LogP contribution in [0.25, 0.3) is 0 Å². The van der Waals surface area contributed by atoms with E-state index >= 15 is 0 Å².